The molecule has 1 unspecified atom stereocenters. The minimum atomic E-state index is -0.218. The zero-order valence-corrected chi connectivity index (χ0v) is 12.7. The van der Waals surface area contributed by atoms with Crippen molar-refractivity contribution in [2.24, 2.45) is 17.4 Å². The highest BCUT2D eigenvalue weighted by atomic mass is 35.5. The maximum atomic E-state index is 11.3. The highest BCUT2D eigenvalue weighted by Crippen LogP contribution is 2.23. The first-order chi connectivity index (χ1) is 9.47. The molecule has 1 saturated heterocycles. The van der Waals surface area contributed by atoms with Crippen molar-refractivity contribution in [3.8, 4) is 0 Å². The third-order valence-corrected chi connectivity index (χ3v) is 4.23. The van der Waals surface area contributed by atoms with Gasteiger partial charge in [-0.15, -0.1) is 0 Å². The molecule has 0 aliphatic carbocycles. The molecule has 4 nitrogen and oxygen atoms in total. The topological polar surface area (TPSA) is 72.4 Å². The molecule has 0 radical (unpaired) electrons. The van der Waals surface area contributed by atoms with Crippen LogP contribution in [-0.2, 0) is 11.3 Å². The van der Waals surface area contributed by atoms with Crippen LogP contribution in [0.1, 0.15) is 24.0 Å². The fraction of sp³-hybridized carbons (Fsp3) is 0.429. The van der Waals surface area contributed by atoms with E-state index in [4.69, 9.17) is 35.3 Å². The SMILES string of the molecule is NC(=O)C1CCCN(Cc2ccc(C(N)=S)cc2Cl)C1. The molecule has 20 heavy (non-hydrogen) atoms. The second-order valence-corrected chi connectivity index (χ2v) is 5.99. The number of rotatable bonds is 4. The molecule has 0 bridgehead atoms. The summed E-state index contributed by atoms with van der Waals surface area (Å²) in [4.78, 5) is 13.8. The van der Waals surface area contributed by atoms with Crippen LogP contribution >= 0.6 is 23.8 Å². The van der Waals surface area contributed by atoms with E-state index in [2.05, 4.69) is 4.90 Å². The molecule has 1 aromatic rings. The van der Waals surface area contributed by atoms with Crippen molar-refractivity contribution in [2.45, 2.75) is 19.4 Å². The van der Waals surface area contributed by atoms with Gasteiger partial charge in [0.2, 0.25) is 5.91 Å². The number of hydrogen-bond donors (Lipinski definition) is 2. The largest absolute Gasteiger partial charge is 0.389 e. The number of hydrogen-bond acceptors (Lipinski definition) is 3. The summed E-state index contributed by atoms with van der Waals surface area (Å²) in [7, 11) is 0. The number of primary amides is 1. The number of nitrogens with zero attached hydrogens (tertiary/aromatic N) is 1. The number of nitrogens with two attached hydrogens (primary N) is 2. The molecular weight excluding hydrogens is 294 g/mol. The number of benzene rings is 1. The van der Waals surface area contributed by atoms with Crippen LogP contribution in [0.4, 0.5) is 0 Å². The Bertz CT molecular complexity index is 535. The summed E-state index contributed by atoms with van der Waals surface area (Å²) < 4.78 is 0. The van der Waals surface area contributed by atoms with Crippen molar-refractivity contribution in [3.63, 3.8) is 0 Å². The highest BCUT2D eigenvalue weighted by Gasteiger charge is 2.24. The van der Waals surface area contributed by atoms with Crippen LogP contribution in [0.3, 0.4) is 0 Å². The maximum absolute atomic E-state index is 11.3. The van der Waals surface area contributed by atoms with Gasteiger partial charge in [0.15, 0.2) is 0 Å². The first-order valence-electron chi connectivity index (χ1n) is 6.57. The average Bonchev–Trinajstić information content (AvgIpc) is 2.41. The number of carbonyl (C=O) groups excluding carboxylic acids is 1. The van der Waals surface area contributed by atoms with Crippen LogP contribution in [0.25, 0.3) is 0 Å². The normalized spacial score (nSPS) is 19.8. The lowest BCUT2D eigenvalue weighted by Crippen LogP contribution is -2.40. The summed E-state index contributed by atoms with van der Waals surface area (Å²) in [5.74, 6) is -0.275. The molecule has 4 N–H and O–H groups in total. The lowest BCUT2D eigenvalue weighted by atomic mass is 9.97. The standard InChI is InChI=1S/C14H18ClN3OS/c15-12-6-9(14(17)20)3-4-10(12)7-18-5-1-2-11(8-18)13(16)19/h3-4,6,11H,1-2,5,7-8H2,(H2,16,19)(H2,17,20). The fourth-order valence-corrected chi connectivity index (χ4v) is 2.87. The van der Waals surface area contributed by atoms with Crippen molar-refractivity contribution in [1.29, 1.82) is 0 Å². The second kappa shape index (κ2) is 6.52. The van der Waals surface area contributed by atoms with Crippen LogP contribution in [0.5, 0.6) is 0 Å². The van der Waals surface area contributed by atoms with Crippen LogP contribution in [0, 0.1) is 5.92 Å². The van der Waals surface area contributed by atoms with Gasteiger partial charge in [-0.25, -0.2) is 0 Å². The van der Waals surface area contributed by atoms with Crippen LogP contribution in [0.2, 0.25) is 5.02 Å². The molecule has 6 heteroatoms. The van der Waals surface area contributed by atoms with Crippen molar-refractivity contribution in [1.82, 2.24) is 4.90 Å². The van der Waals surface area contributed by atoms with Gasteiger partial charge in [0, 0.05) is 23.7 Å². The van der Waals surface area contributed by atoms with Gasteiger partial charge in [0.1, 0.15) is 4.99 Å². The molecule has 0 spiro atoms. The molecule has 1 aliphatic rings. The van der Waals surface area contributed by atoms with E-state index in [9.17, 15) is 4.79 Å². The van der Waals surface area contributed by atoms with Gasteiger partial charge in [0.05, 0.1) is 5.92 Å². The van der Waals surface area contributed by atoms with Crippen LogP contribution in [-0.4, -0.2) is 28.9 Å². The zero-order chi connectivity index (χ0) is 14.7. The first-order valence-corrected chi connectivity index (χ1v) is 7.36. The van der Waals surface area contributed by atoms with E-state index in [0.717, 1.165) is 30.5 Å². The van der Waals surface area contributed by atoms with E-state index in [1.807, 2.05) is 12.1 Å². The van der Waals surface area contributed by atoms with Gasteiger partial charge >= 0.3 is 0 Å². The Balaban J connectivity index is 2.06. The smallest absolute Gasteiger partial charge is 0.221 e. The highest BCUT2D eigenvalue weighted by molar-refractivity contribution is 7.80. The second-order valence-electron chi connectivity index (χ2n) is 5.15. The summed E-state index contributed by atoms with van der Waals surface area (Å²) in [5, 5.41) is 0.650. The lowest BCUT2D eigenvalue weighted by Gasteiger charge is -2.31. The van der Waals surface area contributed by atoms with Gasteiger partial charge in [-0.2, -0.15) is 0 Å². The molecular formula is C14H18ClN3OS. The summed E-state index contributed by atoms with van der Waals surface area (Å²) >= 11 is 11.2. The number of amides is 1. The number of thiocarbonyl (C=S) groups is 1. The summed E-state index contributed by atoms with van der Waals surface area (Å²) in [6, 6.07) is 5.60. The predicted octanol–water partition coefficient (Wildman–Crippen LogP) is 1.67. The summed E-state index contributed by atoms with van der Waals surface area (Å²) in [5.41, 5.74) is 12.7. The first kappa shape index (κ1) is 15.2. The van der Waals surface area contributed by atoms with Crippen molar-refractivity contribution in [3.05, 3.63) is 34.3 Å². The molecule has 2 rings (SSSR count). The number of piperidine rings is 1. The average molecular weight is 312 g/mol. The van der Waals surface area contributed by atoms with E-state index in [1.54, 1.807) is 6.07 Å². The van der Waals surface area contributed by atoms with Gasteiger partial charge < -0.3 is 11.5 Å². The zero-order valence-electron chi connectivity index (χ0n) is 11.1. The number of carbonyl (C=O) groups is 1. The maximum Gasteiger partial charge on any atom is 0.221 e. The molecule has 1 amide bonds. The van der Waals surface area contributed by atoms with E-state index < -0.39 is 0 Å². The van der Waals surface area contributed by atoms with Gasteiger partial charge in [-0.1, -0.05) is 36.0 Å². The quantitative estimate of drug-likeness (QED) is 0.830. The minimum Gasteiger partial charge on any atom is -0.389 e. The van der Waals surface area contributed by atoms with Crippen LogP contribution in [0.15, 0.2) is 18.2 Å². The van der Waals surface area contributed by atoms with Crippen molar-refractivity contribution < 1.29 is 4.79 Å². The third-order valence-electron chi connectivity index (χ3n) is 3.64. The Morgan fingerprint density at radius 1 is 1.45 bits per heavy atom. The molecule has 108 valence electrons. The Morgan fingerprint density at radius 2 is 2.20 bits per heavy atom. The van der Waals surface area contributed by atoms with Gasteiger partial charge in [-0.05, 0) is 31.0 Å². The molecule has 1 fully saturated rings. The van der Waals surface area contributed by atoms with Gasteiger partial charge in [-0.3, -0.25) is 9.69 Å². The Morgan fingerprint density at radius 3 is 2.80 bits per heavy atom. The summed E-state index contributed by atoms with van der Waals surface area (Å²) in [6.45, 7) is 2.36. The Hall–Kier alpha value is -1.17. The predicted molar refractivity (Wildman–Crippen MR) is 84.5 cm³/mol. The molecule has 0 aromatic heterocycles. The van der Waals surface area contributed by atoms with E-state index in [-0.39, 0.29) is 11.8 Å². The Labute approximate surface area is 129 Å². The van der Waals surface area contributed by atoms with E-state index >= 15 is 0 Å². The molecule has 1 aliphatic heterocycles. The van der Waals surface area contributed by atoms with E-state index in [0.29, 0.717) is 23.1 Å². The lowest BCUT2D eigenvalue weighted by molar-refractivity contribution is -0.123. The number of halogens is 1. The summed E-state index contributed by atoms with van der Waals surface area (Å²) in [6.07, 6.45) is 1.86. The molecule has 1 atom stereocenters. The third kappa shape index (κ3) is 3.69. The number of likely N-dealkylation sites (tertiary alicyclic amines) is 1. The molecule has 1 heterocycles. The molecule has 1 aromatic carbocycles. The Kier molecular flexibility index (Phi) is 4.96. The van der Waals surface area contributed by atoms with Crippen LogP contribution < -0.4 is 11.5 Å². The minimum absolute atomic E-state index is 0.0570. The van der Waals surface area contributed by atoms with Crippen molar-refractivity contribution >= 4 is 34.7 Å². The van der Waals surface area contributed by atoms with Gasteiger partial charge in [0.25, 0.3) is 0 Å². The van der Waals surface area contributed by atoms with Crippen molar-refractivity contribution in [2.75, 3.05) is 13.1 Å². The van der Waals surface area contributed by atoms with E-state index in [1.165, 1.54) is 0 Å². The molecule has 0 saturated carbocycles. The monoisotopic (exact) mass is 311 g/mol. The fourth-order valence-electron chi connectivity index (χ4n) is 2.50.